The SMILES string of the molecule is O=C(OCCc1ccco1)N1CCC2CC1c1cc(N3CCN(I(I)I)CC3)ccc12. The number of nitrogens with zero attached hydrogens (tertiary/aromatic N) is 3. The second-order valence-electron chi connectivity index (χ2n) is 8.27. The molecule has 0 saturated carbocycles. The number of hydrogen-bond acceptors (Lipinski definition) is 5. The summed E-state index contributed by atoms with van der Waals surface area (Å²) in [7, 11) is 0. The minimum absolute atomic E-state index is 0.146. The Balaban J connectivity index is 1.26. The third kappa shape index (κ3) is 4.84. The quantitative estimate of drug-likeness (QED) is 0.271. The predicted octanol–water partition coefficient (Wildman–Crippen LogP) is 6.14. The number of hydrogen-bond donors (Lipinski definition) is 0. The number of furan rings is 1. The number of carbonyl (C=O) groups is 1. The Labute approximate surface area is 210 Å². The summed E-state index contributed by atoms with van der Waals surface area (Å²) in [6.45, 7) is 5.63. The molecule has 2 aromatic rings. The van der Waals surface area contributed by atoms with Crippen LogP contribution in [0.1, 0.15) is 41.7 Å². The van der Waals surface area contributed by atoms with E-state index in [-0.39, 0.29) is 12.1 Å². The number of anilines is 1. The summed E-state index contributed by atoms with van der Waals surface area (Å²) in [5.74, 6) is 1.42. The van der Waals surface area contributed by atoms with Crippen molar-refractivity contribution in [3.8, 4) is 0 Å². The molecule has 168 valence electrons. The maximum absolute atomic E-state index is 12.9. The van der Waals surface area contributed by atoms with E-state index in [9.17, 15) is 4.79 Å². The Morgan fingerprint density at radius 3 is 2.71 bits per heavy atom. The van der Waals surface area contributed by atoms with E-state index in [0.29, 0.717) is 18.9 Å². The van der Waals surface area contributed by atoms with Gasteiger partial charge in [-0.25, -0.2) is 0 Å². The van der Waals surface area contributed by atoms with Crippen LogP contribution in [-0.4, -0.2) is 53.4 Å². The summed E-state index contributed by atoms with van der Waals surface area (Å²) < 4.78 is 13.6. The molecule has 2 bridgehead atoms. The molecule has 2 atom stereocenters. The van der Waals surface area contributed by atoms with E-state index in [0.717, 1.165) is 51.3 Å². The fourth-order valence-corrected chi connectivity index (χ4v) is 11.1. The van der Waals surface area contributed by atoms with Crippen molar-refractivity contribution in [2.45, 2.75) is 31.2 Å². The van der Waals surface area contributed by atoms with Gasteiger partial charge in [-0.1, -0.05) is 0 Å². The number of piperidine rings is 1. The molecule has 9 heteroatoms. The first-order chi connectivity index (χ1) is 15.1. The Hall–Kier alpha value is -0.280. The number of rotatable bonds is 5. The molecule has 0 N–H and O–H groups in total. The summed E-state index contributed by atoms with van der Waals surface area (Å²) >= 11 is 4.35. The Bertz CT molecular complexity index is 916. The number of piperazine rings is 1. The first-order valence-electron chi connectivity index (χ1n) is 10.7. The van der Waals surface area contributed by atoms with Gasteiger partial charge in [-0.15, -0.1) is 0 Å². The van der Waals surface area contributed by atoms with Crippen molar-refractivity contribution in [1.29, 1.82) is 0 Å². The molecule has 2 aliphatic heterocycles. The molecule has 2 fully saturated rings. The van der Waals surface area contributed by atoms with E-state index in [1.807, 2.05) is 17.0 Å². The van der Waals surface area contributed by atoms with Gasteiger partial charge in [0, 0.05) is 6.42 Å². The van der Waals surface area contributed by atoms with Crippen molar-refractivity contribution < 1.29 is 13.9 Å². The van der Waals surface area contributed by atoms with Crippen LogP contribution < -0.4 is 4.90 Å². The summed E-state index contributed by atoms with van der Waals surface area (Å²) in [5, 5.41) is 0. The Kier molecular flexibility index (Phi) is 7.20. The van der Waals surface area contributed by atoms with Crippen molar-refractivity contribution in [3.05, 3.63) is 53.5 Å². The molecular formula is C22H26I3N3O3. The van der Waals surface area contributed by atoms with Crippen molar-refractivity contribution in [2.24, 2.45) is 0 Å². The third-order valence-corrected chi connectivity index (χ3v) is 15.5. The van der Waals surface area contributed by atoms with Crippen LogP contribution in [0, 0.1) is 0 Å². The molecule has 3 heterocycles. The van der Waals surface area contributed by atoms with Gasteiger partial charge in [0.2, 0.25) is 0 Å². The standard InChI is InChI=1S/C22H26I3N3O3/c23-25(24)27-10-8-26(9-11-27)17-3-4-19-16-5-7-28(21(14-16)20(19)15-17)22(29)31-13-6-18-2-1-12-30-18/h1-4,12,15-16,21H,5-11,13-14H2. The number of amides is 1. The van der Waals surface area contributed by atoms with Crippen molar-refractivity contribution >= 4 is 61.2 Å². The fraction of sp³-hybridized carbons (Fsp3) is 0.500. The van der Waals surface area contributed by atoms with Gasteiger partial charge in [0.05, 0.1) is 6.26 Å². The average molecular weight is 761 g/mol. The second-order valence-corrected chi connectivity index (χ2v) is 31.5. The zero-order valence-corrected chi connectivity index (χ0v) is 23.7. The molecule has 31 heavy (non-hydrogen) atoms. The van der Waals surface area contributed by atoms with Gasteiger partial charge >= 0.3 is 177 Å². The first kappa shape index (κ1) is 22.5. The topological polar surface area (TPSA) is 49.2 Å². The van der Waals surface area contributed by atoms with Crippen LogP contribution in [0.25, 0.3) is 0 Å². The van der Waals surface area contributed by atoms with Gasteiger partial charge in [0.25, 0.3) is 0 Å². The number of carbonyl (C=O) groups excluding carboxylic acids is 1. The van der Waals surface area contributed by atoms with Gasteiger partial charge in [0.15, 0.2) is 0 Å². The monoisotopic (exact) mass is 761 g/mol. The number of fused-ring (bicyclic) bond motifs is 5. The molecule has 1 amide bonds. The molecule has 5 rings (SSSR count). The molecule has 1 aliphatic carbocycles. The normalized spacial score (nSPS) is 23.6. The molecule has 0 spiro atoms. The summed E-state index contributed by atoms with van der Waals surface area (Å²) in [6.07, 6.45) is 4.12. The van der Waals surface area contributed by atoms with E-state index >= 15 is 0 Å². The van der Waals surface area contributed by atoms with Crippen LogP contribution in [-0.2, 0) is 11.2 Å². The van der Waals surface area contributed by atoms with Gasteiger partial charge in [-0.3, -0.25) is 0 Å². The molecule has 1 aromatic heterocycles. The number of ether oxygens (including phenoxy) is 1. The van der Waals surface area contributed by atoms with Crippen molar-refractivity contribution in [2.75, 3.05) is 44.2 Å². The predicted molar refractivity (Wildman–Crippen MR) is 147 cm³/mol. The molecular weight excluding hydrogens is 735 g/mol. The Morgan fingerprint density at radius 2 is 1.97 bits per heavy atom. The van der Waals surface area contributed by atoms with Crippen LogP contribution in [0.3, 0.4) is 0 Å². The van der Waals surface area contributed by atoms with Gasteiger partial charge in [0.1, 0.15) is 5.76 Å². The number of halogens is 3. The van der Waals surface area contributed by atoms with E-state index < -0.39 is 12.1 Å². The summed E-state index contributed by atoms with van der Waals surface area (Å²) in [4.78, 5) is 17.3. The number of likely N-dealkylation sites (tertiary alicyclic amines) is 1. The van der Waals surface area contributed by atoms with Crippen LogP contribution in [0.5, 0.6) is 0 Å². The zero-order chi connectivity index (χ0) is 21.4. The van der Waals surface area contributed by atoms with Crippen molar-refractivity contribution in [3.63, 3.8) is 0 Å². The molecule has 2 saturated heterocycles. The summed E-state index contributed by atoms with van der Waals surface area (Å²) in [5.41, 5.74) is 4.08. The molecule has 3 aliphatic rings. The molecule has 2 unspecified atom stereocenters. The summed E-state index contributed by atoms with van der Waals surface area (Å²) in [6, 6.07) is 10.9. The molecule has 0 radical (unpaired) electrons. The fourth-order valence-electron chi connectivity index (χ4n) is 5.03. The maximum atomic E-state index is 12.9. The van der Waals surface area contributed by atoms with Crippen molar-refractivity contribution in [1.82, 2.24) is 8.01 Å². The third-order valence-electron chi connectivity index (χ3n) is 6.63. The zero-order valence-electron chi connectivity index (χ0n) is 17.2. The van der Waals surface area contributed by atoms with E-state index in [1.54, 1.807) is 6.26 Å². The minimum atomic E-state index is -0.934. The second kappa shape index (κ2) is 9.92. The average Bonchev–Trinajstić information content (AvgIpc) is 3.40. The van der Waals surface area contributed by atoms with E-state index in [4.69, 9.17) is 9.15 Å². The first-order valence-corrected chi connectivity index (χ1v) is 24.3. The van der Waals surface area contributed by atoms with E-state index in [1.165, 1.54) is 16.8 Å². The molecule has 6 nitrogen and oxygen atoms in total. The van der Waals surface area contributed by atoms with Crippen LogP contribution in [0.15, 0.2) is 41.0 Å². The van der Waals surface area contributed by atoms with Gasteiger partial charge < -0.3 is 4.42 Å². The van der Waals surface area contributed by atoms with E-state index in [2.05, 4.69) is 63.4 Å². The molecule has 1 aromatic carbocycles. The number of benzene rings is 1. The van der Waals surface area contributed by atoms with Gasteiger partial charge in [-0.2, -0.15) is 0 Å². The van der Waals surface area contributed by atoms with Crippen LogP contribution >= 0.6 is 49.4 Å². The van der Waals surface area contributed by atoms with Crippen LogP contribution in [0.2, 0.25) is 0 Å². The Morgan fingerprint density at radius 1 is 1.13 bits per heavy atom. The van der Waals surface area contributed by atoms with Crippen LogP contribution in [0.4, 0.5) is 10.5 Å². The van der Waals surface area contributed by atoms with Gasteiger partial charge in [-0.05, 0) is 12.1 Å².